The Bertz CT molecular complexity index is 1130. The molecule has 194 valence electrons. The third kappa shape index (κ3) is 4.82. The van der Waals surface area contributed by atoms with Gasteiger partial charge in [0.15, 0.2) is 11.9 Å². The van der Waals surface area contributed by atoms with Crippen LogP contribution in [0.25, 0.3) is 11.3 Å². The van der Waals surface area contributed by atoms with Crippen LogP contribution in [0.15, 0.2) is 18.3 Å². The molecule has 2 aromatic rings. The average molecular weight is 510 g/mol. The highest BCUT2D eigenvalue weighted by Crippen LogP contribution is 2.40. The molecule has 2 bridgehead atoms. The zero-order valence-electron chi connectivity index (χ0n) is 19.6. The standard InChI is InChI=1S/C24H27F4N5O3/c1-12-6-17(18(25)10-29-12)19-9-20(32-31-19)23(35)33-15-3-4-16(33)8-13(7-15)22(34)30-14-2-5-21(36-11-14)24(26,27)28/h6,9-10,13-16,21H,2-5,7-8,11H2,1H3,(H,30,34)(H,31,32)/t13?,14-,15?,16?,21-/m0/s1. The number of carbonyl (C=O) groups excluding carboxylic acids is 2. The molecule has 0 aliphatic carbocycles. The van der Waals surface area contributed by atoms with Crippen LogP contribution in [0.1, 0.15) is 54.7 Å². The summed E-state index contributed by atoms with van der Waals surface area (Å²) in [4.78, 5) is 31.9. The van der Waals surface area contributed by atoms with Crippen LogP contribution >= 0.6 is 0 Å². The van der Waals surface area contributed by atoms with Crippen LogP contribution < -0.4 is 5.32 Å². The van der Waals surface area contributed by atoms with Gasteiger partial charge in [-0.2, -0.15) is 18.3 Å². The molecule has 4 atom stereocenters. The Morgan fingerprint density at radius 2 is 1.86 bits per heavy atom. The van der Waals surface area contributed by atoms with E-state index in [0.29, 0.717) is 24.2 Å². The number of rotatable bonds is 4. The van der Waals surface area contributed by atoms with E-state index >= 15 is 0 Å². The average Bonchev–Trinajstić information content (AvgIpc) is 3.42. The van der Waals surface area contributed by atoms with Crippen molar-refractivity contribution in [2.24, 2.45) is 5.92 Å². The fraction of sp³-hybridized carbons (Fsp3) is 0.583. The highest BCUT2D eigenvalue weighted by Gasteiger charge is 2.47. The van der Waals surface area contributed by atoms with Crippen molar-refractivity contribution in [3.63, 3.8) is 0 Å². The second-order valence-corrected chi connectivity index (χ2v) is 9.88. The number of carbonyl (C=O) groups is 2. The number of aryl methyl sites for hydroxylation is 1. The quantitative estimate of drug-likeness (QED) is 0.615. The molecule has 5 heterocycles. The van der Waals surface area contributed by atoms with Crippen LogP contribution in [0.3, 0.4) is 0 Å². The lowest BCUT2D eigenvalue weighted by atomic mass is 9.89. The fourth-order valence-electron chi connectivity index (χ4n) is 5.61. The van der Waals surface area contributed by atoms with Gasteiger partial charge in [-0.15, -0.1) is 0 Å². The summed E-state index contributed by atoms with van der Waals surface area (Å²) in [6.07, 6.45) is -2.55. The number of amides is 2. The van der Waals surface area contributed by atoms with Gasteiger partial charge >= 0.3 is 6.18 Å². The number of nitrogens with zero attached hydrogens (tertiary/aromatic N) is 3. The zero-order chi connectivity index (χ0) is 25.6. The van der Waals surface area contributed by atoms with Crippen LogP contribution in [0.4, 0.5) is 17.6 Å². The number of halogens is 4. The second-order valence-electron chi connectivity index (χ2n) is 9.88. The normalized spacial score (nSPS) is 28.2. The van der Waals surface area contributed by atoms with Crippen LogP contribution in [0.5, 0.6) is 0 Å². The number of fused-ring (bicyclic) bond motifs is 2. The Labute approximate surface area is 204 Å². The molecule has 8 nitrogen and oxygen atoms in total. The van der Waals surface area contributed by atoms with Crippen molar-refractivity contribution in [1.82, 2.24) is 25.4 Å². The topological polar surface area (TPSA) is 100 Å². The maximum absolute atomic E-state index is 14.2. The van der Waals surface area contributed by atoms with E-state index in [1.165, 1.54) is 6.07 Å². The lowest BCUT2D eigenvalue weighted by Gasteiger charge is -2.39. The van der Waals surface area contributed by atoms with Crippen molar-refractivity contribution in [2.45, 2.75) is 75.9 Å². The van der Waals surface area contributed by atoms with E-state index in [1.807, 2.05) is 0 Å². The predicted molar refractivity (Wildman–Crippen MR) is 119 cm³/mol. The largest absolute Gasteiger partial charge is 0.414 e. The monoisotopic (exact) mass is 509 g/mol. The molecule has 3 aliphatic heterocycles. The highest BCUT2D eigenvalue weighted by molar-refractivity contribution is 5.94. The first-order chi connectivity index (χ1) is 17.1. The van der Waals surface area contributed by atoms with Gasteiger partial charge in [0, 0.05) is 29.3 Å². The van der Waals surface area contributed by atoms with E-state index in [2.05, 4.69) is 20.5 Å². The van der Waals surface area contributed by atoms with Crippen molar-refractivity contribution >= 4 is 11.8 Å². The Morgan fingerprint density at radius 3 is 2.50 bits per heavy atom. The van der Waals surface area contributed by atoms with Gasteiger partial charge in [-0.1, -0.05) is 0 Å². The van der Waals surface area contributed by atoms with E-state index in [-0.39, 0.29) is 60.5 Å². The summed E-state index contributed by atoms with van der Waals surface area (Å²) in [5.74, 6) is -1.30. The smallest absolute Gasteiger partial charge is 0.367 e. The van der Waals surface area contributed by atoms with Gasteiger partial charge in [0.2, 0.25) is 5.91 Å². The number of pyridine rings is 1. The van der Waals surface area contributed by atoms with Crippen molar-refractivity contribution in [2.75, 3.05) is 6.61 Å². The molecule has 0 aromatic carbocycles. The van der Waals surface area contributed by atoms with Crippen molar-refractivity contribution < 1.29 is 31.9 Å². The molecular formula is C24H27F4N5O3. The second kappa shape index (κ2) is 9.45. The minimum Gasteiger partial charge on any atom is -0.367 e. The SMILES string of the molecule is Cc1cc(-c2cc(C(=O)N3C4CCC3CC(C(=O)N[C@H]3CC[C@@H](C(F)(F)F)OC3)C4)[nH]n2)c(F)cn1. The Balaban J connectivity index is 1.20. The van der Waals surface area contributed by atoms with Gasteiger partial charge in [0.05, 0.1) is 24.5 Å². The maximum Gasteiger partial charge on any atom is 0.414 e. The molecule has 3 saturated heterocycles. The van der Waals surface area contributed by atoms with Crippen LogP contribution in [-0.4, -0.2) is 68.9 Å². The first-order valence-electron chi connectivity index (χ1n) is 12.1. The third-order valence-corrected chi connectivity index (χ3v) is 7.40. The van der Waals surface area contributed by atoms with E-state index in [0.717, 1.165) is 19.0 Å². The molecule has 2 aromatic heterocycles. The number of aromatic nitrogens is 3. The fourth-order valence-corrected chi connectivity index (χ4v) is 5.61. The van der Waals surface area contributed by atoms with E-state index in [1.54, 1.807) is 17.9 Å². The first-order valence-corrected chi connectivity index (χ1v) is 12.1. The summed E-state index contributed by atoms with van der Waals surface area (Å²) < 4.78 is 57.5. The summed E-state index contributed by atoms with van der Waals surface area (Å²) in [6.45, 7) is 1.57. The van der Waals surface area contributed by atoms with Crippen LogP contribution in [-0.2, 0) is 9.53 Å². The number of piperidine rings is 1. The summed E-state index contributed by atoms with van der Waals surface area (Å²) in [5.41, 5.74) is 1.44. The molecule has 0 saturated carbocycles. The third-order valence-electron chi connectivity index (χ3n) is 7.40. The molecule has 3 aliphatic rings. The number of hydrogen-bond donors (Lipinski definition) is 2. The minimum atomic E-state index is -4.39. The molecule has 2 N–H and O–H groups in total. The molecule has 36 heavy (non-hydrogen) atoms. The number of hydrogen-bond acceptors (Lipinski definition) is 5. The molecule has 3 fully saturated rings. The summed E-state index contributed by atoms with van der Waals surface area (Å²) in [5, 5.41) is 9.68. The van der Waals surface area contributed by atoms with Gasteiger partial charge < -0.3 is 15.0 Å². The molecule has 0 spiro atoms. The van der Waals surface area contributed by atoms with Gasteiger partial charge in [0.25, 0.3) is 5.91 Å². The summed E-state index contributed by atoms with van der Waals surface area (Å²) in [6, 6.07) is 2.38. The summed E-state index contributed by atoms with van der Waals surface area (Å²) >= 11 is 0. The maximum atomic E-state index is 14.2. The molecular weight excluding hydrogens is 482 g/mol. The molecule has 2 unspecified atom stereocenters. The zero-order valence-corrected chi connectivity index (χ0v) is 19.6. The number of alkyl halides is 3. The lowest BCUT2D eigenvalue weighted by molar-refractivity contribution is -0.232. The molecule has 5 rings (SSSR count). The van der Waals surface area contributed by atoms with Crippen LogP contribution in [0.2, 0.25) is 0 Å². The number of H-pyrrole nitrogens is 1. The molecule has 12 heteroatoms. The Kier molecular flexibility index (Phi) is 6.48. The van der Waals surface area contributed by atoms with Crippen molar-refractivity contribution in [1.29, 1.82) is 0 Å². The molecule has 2 amide bonds. The van der Waals surface area contributed by atoms with Gasteiger partial charge in [-0.3, -0.25) is 19.7 Å². The number of nitrogens with one attached hydrogen (secondary N) is 2. The van der Waals surface area contributed by atoms with Gasteiger partial charge in [-0.05, 0) is 57.6 Å². The van der Waals surface area contributed by atoms with E-state index in [9.17, 15) is 27.2 Å². The van der Waals surface area contributed by atoms with Crippen LogP contribution in [0, 0.1) is 18.7 Å². The number of aromatic amines is 1. The molecule has 0 radical (unpaired) electrons. The first kappa shape index (κ1) is 24.7. The predicted octanol–water partition coefficient (Wildman–Crippen LogP) is 3.53. The summed E-state index contributed by atoms with van der Waals surface area (Å²) in [7, 11) is 0. The van der Waals surface area contributed by atoms with Crippen molar-refractivity contribution in [3.05, 3.63) is 35.5 Å². The van der Waals surface area contributed by atoms with Gasteiger partial charge in [0.1, 0.15) is 5.69 Å². The Morgan fingerprint density at radius 1 is 1.14 bits per heavy atom. The van der Waals surface area contributed by atoms with E-state index in [4.69, 9.17) is 4.74 Å². The number of ether oxygens (including phenoxy) is 1. The lowest BCUT2D eigenvalue weighted by Crippen LogP contribution is -2.52. The highest BCUT2D eigenvalue weighted by atomic mass is 19.4. The van der Waals surface area contributed by atoms with E-state index < -0.39 is 24.1 Å². The Hall–Kier alpha value is -3.02. The van der Waals surface area contributed by atoms with Gasteiger partial charge in [-0.25, -0.2) is 4.39 Å². The minimum absolute atomic E-state index is 0.129. The van der Waals surface area contributed by atoms with Crippen molar-refractivity contribution in [3.8, 4) is 11.3 Å².